The highest BCUT2D eigenvalue weighted by atomic mass is 32.2. The highest BCUT2D eigenvalue weighted by Gasteiger charge is 2.36. The quantitative estimate of drug-likeness (QED) is 0.843. The summed E-state index contributed by atoms with van der Waals surface area (Å²) in [6, 6.07) is 3.70. The molecular weight excluding hydrogens is 279 g/mol. The van der Waals surface area contributed by atoms with Gasteiger partial charge in [0, 0.05) is 6.04 Å². The van der Waals surface area contributed by atoms with Crippen molar-refractivity contribution >= 4 is 15.7 Å². The maximum atomic E-state index is 13.8. The smallest absolute Gasteiger partial charge is 0.245 e. The molecule has 1 aromatic carbocycles. The summed E-state index contributed by atoms with van der Waals surface area (Å²) in [6.45, 7) is 4.06. The van der Waals surface area contributed by atoms with Crippen LogP contribution >= 0.6 is 0 Å². The predicted molar refractivity (Wildman–Crippen MR) is 77.2 cm³/mol. The minimum absolute atomic E-state index is 0.0638. The maximum Gasteiger partial charge on any atom is 0.245 e. The van der Waals surface area contributed by atoms with Crippen LogP contribution in [0.3, 0.4) is 0 Å². The zero-order valence-electron chi connectivity index (χ0n) is 11.8. The van der Waals surface area contributed by atoms with Crippen molar-refractivity contribution in [2.24, 2.45) is 5.41 Å². The number of nitrogen functional groups attached to an aromatic ring is 1. The Morgan fingerprint density at radius 3 is 2.65 bits per heavy atom. The molecule has 1 fully saturated rings. The van der Waals surface area contributed by atoms with E-state index in [1.165, 1.54) is 12.1 Å². The highest BCUT2D eigenvalue weighted by Crippen LogP contribution is 2.36. The summed E-state index contributed by atoms with van der Waals surface area (Å²) >= 11 is 0. The molecule has 20 heavy (non-hydrogen) atoms. The van der Waals surface area contributed by atoms with Crippen molar-refractivity contribution in [3.63, 3.8) is 0 Å². The zero-order valence-corrected chi connectivity index (χ0v) is 12.6. The number of benzene rings is 1. The molecule has 2 rings (SSSR count). The van der Waals surface area contributed by atoms with E-state index in [0.717, 1.165) is 31.7 Å². The SMILES string of the molecule is CC1(C)CCCCC1NS(=O)(=O)c1c(N)cccc1F. The second kappa shape index (κ2) is 5.33. The van der Waals surface area contributed by atoms with E-state index in [-0.39, 0.29) is 17.1 Å². The zero-order chi connectivity index (χ0) is 15.0. The molecular formula is C14H21FN2O2S. The van der Waals surface area contributed by atoms with Crippen LogP contribution in [-0.4, -0.2) is 14.5 Å². The molecule has 0 bridgehead atoms. The molecule has 0 spiro atoms. The standard InChI is InChI=1S/C14H21FN2O2S/c1-14(2)9-4-3-8-12(14)17-20(18,19)13-10(15)6-5-7-11(13)16/h5-7,12,17H,3-4,8-9,16H2,1-2H3. The van der Waals surface area contributed by atoms with Gasteiger partial charge in [-0.25, -0.2) is 17.5 Å². The van der Waals surface area contributed by atoms with Gasteiger partial charge in [0.1, 0.15) is 10.7 Å². The van der Waals surface area contributed by atoms with E-state index in [0.29, 0.717) is 0 Å². The summed E-state index contributed by atoms with van der Waals surface area (Å²) in [5.74, 6) is -0.814. The molecule has 1 atom stereocenters. The van der Waals surface area contributed by atoms with Crippen molar-refractivity contribution in [2.45, 2.75) is 50.5 Å². The van der Waals surface area contributed by atoms with E-state index in [1.807, 2.05) is 13.8 Å². The second-order valence-electron chi connectivity index (χ2n) is 6.07. The Labute approximate surface area is 119 Å². The van der Waals surface area contributed by atoms with Gasteiger partial charge in [0.05, 0.1) is 5.69 Å². The fraction of sp³-hybridized carbons (Fsp3) is 0.571. The predicted octanol–water partition coefficient (Wildman–Crippen LogP) is 2.66. The Balaban J connectivity index is 2.32. The molecule has 0 aliphatic heterocycles. The lowest BCUT2D eigenvalue weighted by atomic mass is 9.74. The van der Waals surface area contributed by atoms with Crippen LogP contribution < -0.4 is 10.5 Å². The Bertz CT molecular complexity index is 579. The third-order valence-corrected chi connectivity index (χ3v) is 5.63. The van der Waals surface area contributed by atoms with Crippen LogP contribution in [-0.2, 0) is 10.0 Å². The largest absolute Gasteiger partial charge is 0.398 e. The topological polar surface area (TPSA) is 72.2 Å². The Morgan fingerprint density at radius 2 is 2.05 bits per heavy atom. The van der Waals surface area contributed by atoms with E-state index in [1.54, 1.807) is 0 Å². The van der Waals surface area contributed by atoms with Crippen LogP contribution in [0.5, 0.6) is 0 Å². The lowest BCUT2D eigenvalue weighted by Crippen LogP contribution is -2.47. The van der Waals surface area contributed by atoms with Gasteiger partial charge >= 0.3 is 0 Å². The maximum absolute atomic E-state index is 13.8. The minimum Gasteiger partial charge on any atom is -0.398 e. The molecule has 3 N–H and O–H groups in total. The fourth-order valence-electron chi connectivity index (χ4n) is 2.77. The first-order valence-electron chi connectivity index (χ1n) is 6.80. The van der Waals surface area contributed by atoms with Crippen molar-refractivity contribution in [1.82, 2.24) is 4.72 Å². The molecule has 112 valence electrons. The third-order valence-electron chi connectivity index (χ3n) is 4.07. The van der Waals surface area contributed by atoms with Gasteiger partial charge in [0.15, 0.2) is 0 Å². The summed E-state index contributed by atoms with van der Waals surface area (Å²) in [5.41, 5.74) is 5.42. The van der Waals surface area contributed by atoms with Crippen LogP contribution in [0.1, 0.15) is 39.5 Å². The van der Waals surface area contributed by atoms with E-state index in [2.05, 4.69) is 4.72 Å². The first-order chi connectivity index (χ1) is 9.24. The summed E-state index contributed by atoms with van der Waals surface area (Å²) in [4.78, 5) is -0.443. The monoisotopic (exact) mass is 300 g/mol. The Morgan fingerprint density at radius 1 is 1.35 bits per heavy atom. The number of hydrogen-bond donors (Lipinski definition) is 2. The Hall–Kier alpha value is -1.14. The lowest BCUT2D eigenvalue weighted by Gasteiger charge is -2.38. The van der Waals surface area contributed by atoms with Gasteiger partial charge in [-0.1, -0.05) is 32.8 Å². The van der Waals surface area contributed by atoms with Crippen molar-refractivity contribution in [3.8, 4) is 0 Å². The molecule has 0 aromatic heterocycles. The van der Waals surface area contributed by atoms with E-state index in [4.69, 9.17) is 5.73 Å². The van der Waals surface area contributed by atoms with Crippen LogP contribution in [0.15, 0.2) is 23.1 Å². The van der Waals surface area contributed by atoms with Crippen LogP contribution in [0, 0.1) is 11.2 Å². The summed E-state index contributed by atoms with van der Waals surface area (Å²) in [6.07, 6.45) is 3.78. The van der Waals surface area contributed by atoms with Crippen LogP contribution in [0.25, 0.3) is 0 Å². The minimum atomic E-state index is -3.94. The van der Waals surface area contributed by atoms with Gasteiger partial charge in [0.25, 0.3) is 0 Å². The number of rotatable bonds is 3. The normalized spacial score (nSPS) is 22.6. The van der Waals surface area contributed by atoms with Crippen LogP contribution in [0.4, 0.5) is 10.1 Å². The number of hydrogen-bond acceptors (Lipinski definition) is 3. The van der Waals surface area contributed by atoms with Crippen molar-refractivity contribution in [3.05, 3.63) is 24.0 Å². The van der Waals surface area contributed by atoms with Crippen LogP contribution in [0.2, 0.25) is 0 Å². The molecule has 1 aliphatic carbocycles. The van der Waals surface area contributed by atoms with E-state index in [9.17, 15) is 12.8 Å². The number of sulfonamides is 1. The number of nitrogens with one attached hydrogen (secondary N) is 1. The van der Waals surface area contributed by atoms with Crippen molar-refractivity contribution < 1.29 is 12.8 Å². The molecule has 4 nitrogen and oxygen atoms in total. The highest BCUT2D eigenvalue weighted by molar-refractivity contribution is 7.89. The van der Waals surface area contributed by atoms with E-state index < -0.39 is 20.7 Å². The molecule has 1 aliphatic rings. The molecule has 0 saturated heterocycles. The molecule has 1 aromatic rings. The lowest BCUT2D eigenvalue weighted by molar-refractivity contribution is 0.188. The van der Waals surface area contributed by atoms with Gasteiger partial charge < -0.3 is 5.73 Å². The number of halogens is 1. The van der Waals surface area contributed by atoms with Crippen molar-refractivity contribution in [2.75, 3.05) is 5.73 Å². The fourth-order valence-corrected chi connectivity index (χ4v) is 4.40. The molecule has 1 saturated carbocycles. The summed E-state index contributed by atoms with van der Waals surface area (Å²) < 4.78 is 41.2. The van der Waals surface area contributed by atoms with Gasteiger partial charge in [-0.15, -0.1) is 0 Å². The van der Waals surface area contributed by atoms with Gasteiger partial charge in [-0.3, -0.25) is 0 Å². The number of nitrogens with two attached hydrogens (primary N) is 1. The first-order valence-corrected chi connectivity index (χ1v) is 8.29. The first kappa shape index (κ1) is 15.3. The number of anilines is 1. The molecule has 0 radical (unpaired) electrons. The average Bonchev–Trinajstić information content (AvgIpc) is 2.31. The molecule has 0 heterocycles. The third kappa shape index (κ3) is 2.96. The van der Waals surface area contributed by atoms with Gasteiger partial charge in [0.2, 0.25) is 10.0 Å². The molecule has 0 amide bonds. The van der Waals surface area contributed by atoms with Crippen molar-refractivity contribution in [1.29, 1.82) is 0 Å². The summed E-state index contributed by atoms with van der Waals surface area (Å²) in [7, 11) is -3.94. The van der Waals surface area contributed by atoms with Gasteiger partial charge in [-0.05, 0) is 30.4 Å². The van der Waals surface area contributed by atoms with E-state index >= 15 is 0 Å². The second-order valence-corrected chi connectivity index (χ2v) is 7.72. The Kier molecular flexibility index (Phi) is 4.07. The average molecular weight is 300 g/mol. The van der Waals surface area contributed by atoms with Gasteiger partial charge in [-0.2, -0.15) is 0 Å². The summed E-state index contributed by atoms with van der Waals surface area (Å²) in [5, 5.41) is 0. The molecule has 6 heteroatoms. The molecule has 1 unspecified atom stereocenters.